The third-order valence-corrected chi connectivity index (χ3v) is 3.16. The summed E-state index contributed by atoms with van der Waals surface area (Å²) in [7, 11) is 0. The molecule has 0 fully saturated rings. The van der Waals surface area contributed by atoms with Gasteiger partial charge in [-0.3, -0.25) is 0 Å². The fourth-order valence-electron chi connectivity index (χ4n) is 1.12. The third-order valence-electron chi connectivity index (χ3n) is 1.97. The Balaban J connectivity index is 2.63. The molecule has 0 aromatic heterocycles. The summed E-state index contributed by atoms with van der Waals surface area (Å²) in [4.78, 5) is 0. The van der Waals surface area contributed by atoms with E-state index in [9.17, 15) is 8.78 Å². The maximum absolute atomic E-state index is 12.1. The third kappa shape index (κ3) is 4.37. The van der Waals surface area contributed by atoms with Crippen LogP contribution in [0.15, 0.2) is 24.3 Å². The van der Waals surface area contributed by atoms with Crippen molar-refractivity contribution in [3.63, 3.8) is 0 Å². The lowest BCUT2D eigenvalue weighted by atomic mass is 10.2. The second kappa shape index (κ2) is 6.70. The summed E-state index contributed by atoms with van der Waals surface area (Å²) in [5, 5.41) is 8.94. The van der Waals surface area contributed by atoms with Crippen LogP contribution in [0.4, 0.5) is 8.78 Å². The molecule has 1 aromatic rings. The largest absolute Gasteiger partial charge is 0.435 e. The van der Waals surface area contributed by atoms with Crippen LogP contribution in [0.25, 0.3) is 0 Å². The summed E-state index contributed by atoms with van der Waals surface area (Å²) in [5.41, 5.74) is 0.716. The summed E-state index contributed by atoms with van der Waals surface area (Å²) in [5.74, 6) is 0.750. The van der Waals surface area contributed by atoms with Gasteiger partial charge in [-0.25, -0.2) is 0 Å². The summed E-state index contributed by atoms with van der Waals surface area (Å²) < 4.78 is 28.6. The molecule has 16 heavy (non-hydrogen) atoms. The zero-order chi connectivity index (χ0) is 12.0. The maximum atomic E-state index is 12.1. The highest BCUT2D eigenvalue weighted by molar-refractivity contribution is 7.99. The van der Waals surface area contributed by atoms with Crippen molar-refractivity contribution in [2.24, 2.45) is 0 Å². The van der Waals surface area contributed by atoms with Crippen LogP contribution < -0.4 is 4.74 Å². The number of thioether (sulfide) groups is 1. The Kier molecular flexibility index (Phi) is 5.55. The lowest BCUT2D eigenvalue weighted by molar-refractivity contribution is -0.0503. The summed E-state index contributed by atoms with van der Waals surface area (Å²) in [6, 6.07) is 6.69. The van der Waals surface area contributed by atoms with E-state index in [0.29, 0.717) is 11.3 Å². The molecule has 1 N–H and O–H groups in total. The molecule has 0 saturated carbocycles. The van der Waals surface area contributed by atoms with Gasteiger partial charge >= 0.3 is 6.61 Å². The zero-order valence-corrected chi connectivity index (χ0v) is 9.71. The first-order chi connectivity index (χ1) is 7.63. The first-order valence-corrected chi connectivity index (χ1v) is 5.93. The number of ether oxygens (including phenoxy) is 1. The zero-order valence-electron chi connectivity index (χ0n) is 8.90. The maximum Gasteiger partial charge on any atom is 0.387 e. The number of rotatable bonds is 6. The van der Waals surface area contributed by atoms with Gasteiger partial charge in [-0.2, -0.15) is 20.5 Å². The van der Waals surface area contributed by atoms with E-state index in [2.05, 4.69) is 4.74 Å². The van der Waals surface area contributed by atoms with E-state index in [1.807, 2.05) is 6.92 Å². The standard InChI is InChI=1S/C11H14F2O2S/c1-8(6-14)16-7-9-4-2-3-5-10(9)15-11(12)13/h2-5,8,11,14H,6-7H2,1H3. The van der Waals surface area contributed by atoms with Gasteiger partial charge in [-0.1, -0.05) is 25.1 Å². The van der Waals surface area contributed by atoms with Crippen LogP contribution in [0.2, 0.25) is 0 Å². The molecular weight excluding hydrogens is 234 g/mol. The van der Waals surface area contributed by atoms with Gasteiger partial charge in [0, 0.05) is 16.6 Å². The number of benzene rings is 1. The minimum absolute atomic E-state index is 0.0720. The lowest BCUT2D eigenvalue weighted by Gasteiger charge is -2.12. The van der Waals surface area contributed by atoms with E-state index in [4.69, 9.17) is 5.11 Å². The van der Waals surface area contributed by atoms with Gasteiger partial charge in [0.25, 0.3) is 0 Å². The van der Waals surface area contributed by atoms with Crippen molar-refractivity contribution in [2.45, 2.75) is 24.5 Å². The van der Waals surface area contributed by atoms with E-state index in [1.54, 1.807) is 18.2 Å². The smallest absolute Gasteiger partial charge is 0.387 e. The number of aliphatic hydroxyl groups excluding tert-OH is 1. The number of aliphatic hydroxyl groups is 1. The van der Waals surface area contributed by atoms with Crippen molar-refractivity contribution in [3.8, 4) is 5.75 Å². The van der Waals surface area contributed by atoms with Gasteiger partial charge in [0.1, 0.15) is 5.75 Å². The van der Waals surface area contributed by atoms with Crippen molar-refractivity contribution < 1.29 is 18.6 Å². The van der Waals surface area contributed by atoms with Crippen LogP contribution in [0.3, 0.4) is 0 Å². The fourth-order valence-corrected chi connectivity index (χ4v) is 1.93. The molecule has 0 aliphatic heterocycles. The molecule has 0 saturated heterocycles. The second-order valence-electron chi connectivity index (χ2n) is 3.29. The second-order valence-corrected chi connectivity index (χ2v) is 4.72. The van der Waals surface area contributed by atoms with Gasteiger partial charge in [0.15, 0.2) is 0 Å². The Hall–Kier alpha value is -0.810. The number of hydrogen-bond donors (Lipinski definition) is 1. The predicted octanol–water partition coefficient (Wildman–Crippen LogP) is 2.90. The van der Waals surface area contributed by atoms with E-state index in [0.717, 1.165) is 0 Å². The van der Waals surface area contributed by atoms with Crippen LogP contribution in [0.1, 0.15) is 12.5 Å². The van der Waals surface area contributed by atoms with E-state index in [1.165, 1.54) is 17.8 Å². The SMILES string of the molecule is CC(CO)SCc1ccccc1OC(F)F. The Morgan fingerprint density at radius 3 is 2.69 bits per heavy atom. The average Bonchev–Trinajstić information content (AvgIpc) is 2.26. The number of para-hydroxylation sites is 1. The average molecular weight is 248 g/mol. The van der Waals surface area contributed by atoms with Gasteiger partial charge in [-0.05, 0) is 6.07 Å². The van der Waals surface area contributed by atoms with Crippen molar-refractivity contribution in [2.75, 3.05) is 6.61 Å². The number of halogens is 2. The van der Waals surface area contributed by atoms with Crippen molar-refractivity contribution in [1.29, 1.82) is 0 Å². The molecule has 5 heteroatoms. The molecule has 1 rings (SSSR count). The number of alkyl halides is 2. The van der Waals surface area contributed by atoms with E-state index >= 15 is 0 Å². The first kappa shape index (κ1) is 13.3. The highest BCUT2D eigenvalue weighted by atomic mass is 32.2. The molecule has 0 amide bonds. The van der Waals surface area contributed by atoms with E-state index in [-0.39, 0.29) is 17.6 Å². The summed E-state index contributed by atoms with van der Waals surface area (Å²) >= 11 is 1.50. The quantitative estimate of drug-likeness (QED) is 0.839. The molecule has 1 atom stereocenters. The molecule has 0 spiro atoms. The number of hydrogen-bond acceptors (Lipinski definition) is 3. The molecule has 1 unspecified atom stereocenters. The highest BCUT2D eigenvalue weighted by Crippen LogP contribution is 2.26. The Bertz CT molecular complexity index is 321. The summed E-state index contributed by atoms with van der Waals surface area (Å²) in [6.45, 7) is -0.856. The van der Waals surface area contributed by atoms with Crippen LogP contribution in [-0.2, 0) is 5.75 Å². The van der Waals surface area contributed by atoms with Gasteiger partial charge in [-0.15, -0.1) is 0 Å². The van der Waals surface area contributed by atoms with Gasteiger partial charge in [0.05, 0.1) is 6.61 Å². The molecule has 0 bridgehead atoms. The summed E-state index contributed by atoms with van der Waals surface area (Å²) in [6.07, 6.45) is 0. The molecule has 0 radical (unpaired) electrons. The molecule has 0 aliphatic carbocycles. The van der Waals surface area contributed by atoms with Gasteiger partial charge < -0.3 is 9.84 Å². The molecule has 2 nitrogen and oxygen atoms in total. The Labute approximate surface area is 97.6 Å². The monoisotopic (exact) mass is 248 g/mol. The predicted molar refractivity (Wildman–Crippen MR) is 60.9 cm³/mol. The fraction of sp³-hybridized carbons (Fsp3) is 0.455. The van der Waals surface area contributed by atoms with Crippen LogP contribution in [-0.4, -0.2) is 23.6 Å². The Morgan fingerprint density at radius 2 is 2.06 bits per heavy atom. The topological polar surface area (TPSA) is 29.5 Å². The van der Waals surface area contributed by atoms with Crippen LogP contribution >= 0.6 is 11.8 Å². The molecule has 0 aliphatic rings. The van der Waals surface area contributed by atoms with Crippen LogP contribution in [0.5, 0.6) is 5.75 Å². The minimum atomic E-state index is -2.80. The molecule has 0 heterocycles. The lowest BCUT2D eigenvalue weighted by Crippen LogP contribution is -2.06. The highest BCUT2D eigenvalue weighted by Gasteiger charge is 2.10. The van der Waals surface area contributed by atoms with Crippen molar-refractivity contribution in [1.82, 2.24) is 0 Å². The normalized spacial score (nSPS) is 12.8. The van der Waals surface area contributed by atoms with Gasteiger partial charge in [0.2, 0.25) is 0 Å². The van der Waals surface area contributed by atoms with E-state index < -0.39 is 6.61 Å². The molecule has 1 aromatic carbocycles. The van der Waals surface area contributed by atoms with Crippen LogP contribution in [0, 0.1) is 0 Å². The van der Waals surface area contributed by atoms with Crippen molar-refractivity contribution in [3.05, 3.63) is 29.8 Å². The minimum Gasteiger partial charge on any atom is -0.435 e. The Morgan fingerprint density at radius 1 is 1.38 bits per heavy atom. The van der Waals surface area contributed by atoms with Crippen molar-refractivity contribution >= 4 is 11.8 Å². The molecular formula is C11H14F2O2S. The molecule has 90 valence electrons. The first-order valence-electron chi connectivity index (χ1n) is 4.88.